The van der Waals surface area contributed by atoms with Gasteiger partial charge in [0.15, 0.2) is 6.10 Å². The molecule has 4 nitrogen and oxygen atoms in total. The van der Waals surface area contributed by atoms with E-state index in [2.05, 4.69) is 4.74 Å². The van der Waals surface area contributed by atoms with Crippen molar-refractivity contribution in [1.29, 1.82) is 0 Å². The van der Waals surface area contributed by atoms with Gasteiger partial charge in [-0.3, -0.25) is 0 Å². The minimum atomic E-state index is -4.71. The van der Waals surface area contributed by atoms with E-state index < -0.39 is 40.5 Å². The first-order valence-corrected chi connectivity index (χ1v) is 5.37. The highest BCUT2D eigenvalue weighted by atomic mass is 35.5. The predicted octanol–water partition coefficient (Wildman–Crippen LogP) is 1.93. The second-order valence-electron chi connectivity index (χ2n) is 3.62. The van der Waals surface area contributed by atoms with Gasteiger partial charge in [0, 0.05) is 5.56 Å². The fourth-order valence-corrected chi connectivity index (χ4v) is 1.76. The topological polar surface area (TPSA) is 66.8 Å². The van der Waals surface area contributed by atoms with Crippen LogP contribution in [0.3, 0.4) is 0 Å². The van der Waals surface area contributed by atoms with Gasteiger partial charge in [-0.25, -0.2) is 4.79 Å². The Hall–Kier alpha value is -1.31. The Morgan fingerprint density at radius 1 is 1.37 bits per heavy atom. The summed E-state index contributed by atoms with van der Waals surface area (Å²) in [7, 11) is 0.964. The van der Waals surface area contributed by atoms with Crippen LogP contribution in [0.4, 0.5) is 13.2 Å². The van der Waals surface area contributed by atoms with Crippen molar-refractivity contribution in [2.75, 3.05) is 7.11 Å². The Balaban J connectivity index is 3.19. The van der Waals surface area contributed by atoms with Crippen LogP contribution in [0.5, 0.6) is 0 Å². The predicted molar refractivity (Wildman–Crippen MR) is 59.4 cm³/mol. The Kier molecular flexibility index (Phi) is 4.78. The summed E-state index contributed by atoms with van der Waals surface area (Å²) in [6.45, 7) is 0. The minimum Gasteiger partial charge on any atom is -0.467 e. The van der Waals surface area contributed by atoms with E-state index in [0.29, 0.717) is 0 Å². The molecule has 0 spiro atoms. The van der Waals surface area contributed by atoms with E-state index in [1.165, 1.54) is 0 Å². The van der Waals surface area contributed by atoms with Crippen molar-refractivity contribution in [1.82, 2.24) is 0 Å². The molecule has 1 aromatic carbocycles. The number of carbonyl (C=O) groups is 1. The monoisotopic (exact) mass is 298 g/mol. The van der Waals surface area contributed by atoms with E-state index in [0.717, 1.165) is 25.3 Å². The van der Waals surface area contributed by atoms with Gasteiger partial charge in [-0.1, -0.05) is 23.7 Å². The fraction of sp³-hybridized carbons (Fsp3) is 0.364. The molecule has 0 aliphatic carbocycles. The molecule has 0 saturated heterocycles. The summed E-state index contributed by atoms with van der Waals surface area (Å²) >= 11 is 5.54. The van der Waals surface area contributed by atoms with Crippen molar-refractivity contribution < 1.29 is 32.9 Å². The molecule has 0 aromatic heterocycles. The first-order chi connectivity index (χ1) is 8.70. The molecule has 1 rings (SSSR count). The van der Waals surface area contributed by atoms with Gasteiger partial charge in [-0.05, 0) is 6.07 Å². The average molecular weight is 299 g/mol. The van der Waals surface area contributed by atoms with Gasteiger partial charge in [0.2, 0.25) is 0 Å². The standard InChI is InChI=1S/C11H10ClF3O4/c1-19-10(18)9(17)8(16)5-3-2-4-6(7(5)12)11(13,14)15/h2-4,8-9,16-17H,1H3. The lowest BCUT2D eigenvalue weighted by atomic mass is 10.0. The third-order valence-corrected chi connectivity index (χ3v) is 2.82. The van der Waals surface area contributed by atoms with Crippen molar-refractivity contribution in [2.24, 2.45) is 0 Å². The zero-order valence-electron chi connectivity index (χ0n) is 9.61. The van der Waals surface area contributed by atoms with Crippen LogP contribution in [0.15, 0.2) is 18.2 Å². The number of aliphatic hydroxyl groups is 2. The number of aliphatic hydroxyl groups excluding tert-OH is 2. The van der Waals surface area contributed by atoms with Gasteiger partial charge in [-0.2, -0.15) is 13.2 Å². The lowest BCUT2D eigenvalue weighted by molar-refractivity contribution is -0.156. The summed E-state index contributed by atoms with van der Waals surface area (Å²) in [4.78, 5) is 11.0. The molecule has 0 radical (unpaired) electrons. The van der Waals surface area contributed by atoms with Crippen LogP contribution in [0.25, 0.3) is 0 Å². The van der Waals surface area contributed by atoms with E-state index >= 15 is 0 Å². The maximum Gasteiger partial charge on any atom is 0.417 e. The van der Waals surface area contributed by atoms with Crippen molar-refractivity contribution in [3.8, 4) is 0 Å². The molecule has 0 heterocycles. The Labute approximate surface area is 111 Å². The van der Waals surface area contributed by atoms with Gasteiger partial charge in [0.25, 0.3) is 0 Å². The SMILES string of the molecule is COC(=O)C(O)C(O)c1cccc(C(F)(F)F)c1Cl. The number of alkyl halides is 3. The number of methoxy groups -OCH3 is 1. The van der Waals surface area contributed by atoms with Crippen LogP contribution in [-0.4, -0.2) is 29.4 Å². The van der Waals surface area contributed by atoms with Crippen LogP contribution in [0.1, 0.15) is 17.2 Å². The lowest BCUT2D eigenvalue weighted by Crippen LogP contribution is -2.29. The highest BCUT2D eigenvalue weighted by molar-refractivity contribution is 6.32. The molecule has 0 aliphatic heterocycles. The maximum absolute atomic E-state index is 12.6. The number of halogens is 4. The zero-order valence-corrected chi connectivity index (χ0v) is 10.4. The maximum atomic E-state index is 12.6. The smallest absolute Gasteiger partial charge is 0.417 e. The van der Waals surface area contributed by atoms with Crippen LogP contribution in [-0.2, 0) is 15.7 Å². The van der Waals surface area contributed by atoms with Crippen molar-refractivity contribution in [2.45, 2.75) is 18.4 Å². The summed E-state index contributed by atoms with van der Waals surface area (Å²) in [5.41, 5.74) is -1.57. The van der Waals surface area contributed by atoms with Gasteiger partial charge >= 0.3 is 12.1 Å². The molecule has 2 unspecified atom stereocenters. The summed E-state index contributed by atoms with van der Waals surface area (Å²) in [6.07, 6.45) is -8.64. The normalized spacial score (nSPS) is 14.9. The van der Waals surface area contributed by atoms with E-state index in [1.54, 1.807) is 0 Å². The molecule has 0 bridgehead atoms. The fourth-order valence-electron chi connectivity index (χ4n) is 1.42. The number of carbonyl (C=O) groups excluding carboxylic acids is 1. The average Bonchev–Trinajstić information content (AvgIpc) is 2.35. The molecule has 0 aliphatic rings. The van der Waals surface area contributed by atoms with Gasteiger partial charge in [0.1, 0.15) is 6.10 Å². The molecule has 2 N–H and O–H groups in total. The Morgan fingerprint density at radius 2 is 1.95 bits per heavy atom. The molecule has 106 valence electrons. The lowest BCUT2D eigenvalue weighted by Gasteiger charge is -2.19. The van der Waals surface area contributed by atoms with Gasteiger partial charge in [-0.15, -0.1) is 0 Å². The molecule has 8 heteroatoms. The molecule has 19 heavy (non-hydrogen) atoms. The highest BCUT2D eigenvalue weighted by Crippen LogP contribution is 2.38. The molecule has 0 fully saturated rings. The van der Waals surface area contributed by atoms with E-state index in [-0.39, 0.29) is 0 Å². The summed E-state index contributed by atoms with van der Waals surface area (Å²) < 4.78 is 42.0. The summed E-state index contributed by atoms with van der Waals surface area (Å²) in [6, 6.07) is 2.81. The van der Waals surface area contributed by atoms with Crippen molar-refractivity contribution >= 4 is 17.6 Å². The molecule has 2 atom stereocenters. The molecule has 1 aromatic rings. The quantitative estimate of drug-likeness (QED) is 0.837. The Morgan fingerprint density at radius 3 is 2.42 bits per heavy atom. The van der Waals surface area contributed by atoms with Crippen molar-refractivity contribution in [3.05, 3.63) is 34.3 Å². The van der Waals surface area contributed by atoms with Crippen LogP contribution >= 0.6 is 11.6 Å². The van der Waals surface area contributed by atoms with E-state index in [4.69, 9.17) is 11.6 Å². The second-order valence-corrected chi connectivity index (χ2v) is 4.00. The van der Waals surface area contributed by atoms with Crippen LogP contribution in [0.2, 0.25) is 5.02 Å². The molecule has 0 saturated carbocycles. The number of benzene rings is 1. The zero-order chi connectivity index (χ0) is 14.8. The number of hydrogen-bond donors (Lipinski definition) is 2. The summed E-state index contributed by atoms with van der Waals surface area (Å²) in [5, 5.41) is 18.3. The second kappa shape index (κ2) is 5.77. The third kappa shape index (κ3) is 3.37. The first-order valence-electron chi connectivity index (χ1n) is 4.99. The van der Waals surface area contributed by atoms with Crippen molar-refractivity contribution in [3.63, 3.8) is 0 Å². The van der Waals surface area contributed by atoms with Gasteiger partial charge < -0.3 is 14.9 Å². The first kappa shape index (κ1) is 15.7. The molecular formula is C11H10ClF3O4. The largest absolute Gasteiger partial charge is 0.467 e. The van der Waals surface area contributed by atoms with E-state index in [9.17, 15) is 28.2 Å². The summed E-state index contributed by atoms with van der Waals surface area (Å²) in [5.74, 6) is -1.18. The molecule has 0 amide bonds. The van der Waals surface area contributed by atoms with E-state index in [1.807, 2.05) is 0 Å². The Bertz CT molecular complexity index is 475. The highest BCUT2D eigenvalue weighted by Gasteiger charge is 2.36. The number of ether oxygens (including phenoxy) is 1. The van der Waals surface area contributed by atoms with Crippen LogP contribution < -0.4 is 0 Å². The van der Waals surface area contributed by atoms with Crippen LogP contribution in [0, 0.1) is 0 Å². The number of hydrogen-bond acceptors (Lipinski definition) is 4. The van der Waals surface area contributed by atoms with Gasteiger partial charge in [0.05, 0.1) is 17.7 Å². The number of esters is 1. The number of rotatable bonds is 3. The third-order valence-electron chi connectivity index (χ3n) is 2.39. The molecular weight excluding hydrogens is 289 g/mol. The minimum absolute atomic E-state index is 0.408.